The highest BCUT2D eigenvalue weighted by molar-refractivity contribution is 5.77. The molecule has 0 N–H and O–H groups in total. The molecule has 1 rings (SSSR count). The first-order chi connectivity index (χ1) is 8.73. The summed E-state index contributed by atoms with van der Waals surface area (Å²) in [6.07, 6.45) is 2.58. The monoisotopic (exact) mass is 270 g/mol. The maximum absolute atomic E-state index is 11.2. The van der Waals surface area contributed by atoms with Crippen molar-refractivity contribution < 1.29 is 9.59 Å². The van der Waals surface area contributed by atoms with Crippen molar-refractivity contribution in [2.24, 2.45) is 11.8 Å². The lowest BCUT2D eigenvalue weighted by Gasteiger charge is -2.31. The van der Waals surface area contributed by atoms with Crippen molar-refractivity contribution in [3.8, 4) is 0 Å². The first-order valence-electron chi connectivity index (χ1n) is 7.22. The van der Waals surface area contributed by atoms with Crippen LogP contribution in [-0.2, 0) is 9.59 Å². The number of nitrogens with zero attached hydrogens (tertiary/aromatic N) is 2. The first kappa shape index (κ1) is 17.9. The van der Waals surface area contributed by atoms with Crippen LogP contribution in [0.5, 0.6) is 0 Å². The average Bonchev–Trinajstić information content (AvgIpc) is 2.12. The number of carbonyl (C=O) groups excluding carboxylic acids is 2. The average molecular weight is 270 g/mol. The second kappa shape index (κ2) is 8.94. The molecule has 19 heavy (non-hydrogen) atoms. The van der Waals surface area contributed by atoms with Crippen LogP contribution >= 0.6 is 0 Å². The Kier molecular flexibility index (Phi) is 8.44. The zero-order valence-electron chi connectivity index (χ0n) is 13.4. The Hall–Kier alpha value is -1.06. The Morgan fingerprint density at radius 2 is 1.47 bits per heavy atom. The van der Waals surface area contributed by atoms with Crippen LogP contribution in [-0.4, -0.2) is 48.8 Å². The highest BCUT2D eigenvalue weighted by atomic mass is 16.2. The van der Waals surface area contributed by atoms with Gasteiger partial charge in [-0.1, -0.05) is 27.7 Å². The van der Waals surface area contributed by atoms with E-state index < -0.39 is 0 Å². The van der Waals surface area contributed by atoms with E-state index in [1.807, 2.05) is 18.7 Å². The summed E-state index contributed by atoms with van der Waals surface area (Å²) in [5, 5.41) is 0. The molecule has 0 aromatic carbocycles. The minimum atomic E-state index is 0.213. The summed E-state index contributed by atoms with van der Waals surface area (Å²) < 4.78 is 0. The molecule has 1 heterocycles. The van der Waals surface area contributed by atoms with E-state index in [9.17, 15) is 9.59 Å². The minimum absolute atomic E-state index is 0.213. The maximum Gasteiger partial charge on any atom is 0.222 e. The summed E-state index contributed by atoms with van der Waals surface area (Å²) in [6, 6.07) is 0. The minimum Gasteiger partial charge on any atom is -0.349 e. The fourth-order valence-corrected chi connectivity index (χ4v) is 1.58. The Morgan fingerprint density at radius 1 is 1.00 bits per heavy atom. The van der Waals surface area contributed by atoms with Crippen LogP contribution in [0.4, 0.5) is 0 Å². The number of rotatable bonds is 4. The molecule has 1 fully saturated rings. The molecule has 1 aliphatic heterocycles. The van der Waals surface area contributed by atoms with Gasteiger partial charge in [-0.15, -0.1) is 0 Å². The Bertz CT molecular complexity index is 282. The van der Waals surface area contributed by atoms with Gasteiger partial charge < -0.3 is 9.80 Å². The van der Waals surface area contributed by atoms with Crippen molar-refractivity contribution >= 4 is 11.8 Å². The molecule has 0 spiro atoms. The molecular formula is C15H30N2O2. The van der Waals surface area contributed by atoms with Gasteiger partial charge in [0.05, 0.1) is 0 Å². The Labute approximate surface area is 118 Å². The van der Waals surface area contributed by atoms with E-state index in [-0.39, 0.29) is 5.91 Å². The Morgan fingerprint density at radius 3 is 1.68 bits per heavy atom. The Balaban J connectivity index is 0.000000344. The fourth-order valence-electron chi connectivity index (χ4n) is 1.58. The smallest absolute Gasteiger partial charge is 0.222 e. The third-order valence-electron chi connectivity index (χ3n) is 2.87. The summed E-state index contributed by atoms with van der Waals surface area (Å²) in [5.74, 6) is 1.53. The van der Waals surface area contributed by atoms with Crippen LogP contribution in [0.2, 0.25) is 0 Å². The molecule has 4 nitrogen and oxygen atoms in total. The van der Waals surface area contributed by atoms with Gasteiger partial charge in [0.2, 0.25) is 11.8 Å². The van der Waals surface area contributed by atoms with Gasteiger partial charge in [-0.3, -0.25) is 9.59 Å². The second-order valence-electron chi connectivity index (χ2n) is 6.22. The lowest BCUT2D eigenvalue weighted by atomic mass is 10.1. The number of carbonyl (C=O) groups is 2. The van der Waals surface area contributed by atoms with Crippen LogP contribution in [0.25, 0.3) is 0 Å². The van der Waals surface area contributed by atoms with Gasteiger partial charge in [-0.25, -0.2) is 0 Å². The number of hydrogen-bond donors (Lipinski definition) is 0. The molecule has 0 unspecified atom stereocenters. The first-order valence-corrected chi connectivity index (χ1v) is 7.22. The van der Waals surface area contributed by atoms with Gasteiger partial charge in [0.25, 0.3) is 0 Å². The fraction of sp³-hybridized carbons (Fsp3) is 0.867. The highest BCUT2D eigenvalue weighted by Gasteiger charge is 2.19. The molecule has 0 bridgehead atoms. The number of amides is 2. The molecule has 112 valence electrons. The summed E-state index contributed by atoms with van der Waals surface area (Å²) in [7, 11) is 3.56. The van der Waals surface area contributed by atoms with Crippen molar-refractivity contribution in [3.05, 3.63) is 0 Å². The largest absolute Gasteiger partial charge is 0.349 e. The standard InChI is InChI=1S/C8H15NO.C7H15NO/c1-7(2)6-8(10)9-4-3-5-9;1-6(2)5-7(9)8(3)4/h7H,3-6H2,1-2H3;6H,5H2,1-4H3. The molecule has 2 amide bonds. The SMILES string of the molecule is CC(C)CC(=O)N(C)C.CC(C)CC(=O)N1CCC1. The third kappa shape index (κ3) is 8.62. The zero-order valence-corrected chi connectivity index (χ0v) is 13.4. The van der Waals surface area contributed by atoms with Crippen LogP contribution in [0.1, 0.15) is 47.0 Å². The maximum atomic E-state index is 11.2. The van der Waals surface area contributed by atoms with E-state index in [0.29, 0.717) is 24.2 Å². The van der Waals surface area contributed by atoms with E-state index in [1.165, 1.54) is 6.42 Å². The van der Waals surface area contributed by atoms with Crippen LogP contribution < -0.4 is 0 Å². The van der Waals surface area contributed by atoms with Crippen molar-refractivity contribution in [2.75, 3.05) is 27.2 Å². The molecule has 1 aliphatic rings. The van der Waals surface area contributed by atoms with E-state index in [1.54, 1.807) is 19.0 Å². The number of hydrogen-bond acceptors (Lipinski definition) is 2. The molecule has 4 heteroatoms. The van der Waals surface area contributed by atoms with Crippen molar-refractivity contribution in [1.29, 1.82) is 0 Å². The van der Waals surface area contributed by atoms with Crippen LogP contribution in [0.3, 0.4) is 0 Å². The second-order valence-corrected chi connectivity index (χ2v) is 6.22. The van der Waals surface area contributed by atoms with Gasteiger partial charge in [0.15, 0.2) is 0 Å². The molecule has 0 saturated carbocycles. The molecule has 0 atom stereocenters. The van der Waals surface area contributed by atoms with Gasteiger partial charge in [-0.05, 0) is 18.3 Å². The highest BCUT2D eigenvalue weighted by Crippen LogP contribution is 2.10. The lowest BCUT2D eigenvalue weighted by molar-refractivity contribution is -0.135. The van der Waals surface area contributed by atoms with Gasteiger partial charge in [0, 0.05) is 40.0 Å². The molecule has 0 aliphatic carbocycles. The predicted molar refractivity (Wildman–Crippen MR) is 78.8 cm³/mol. The van der Waals surface area contributed by atoms with Gasteiger partial charge in [0.1, 0.15) is 0 Å². The van der Waals surface area contributed by atoms with Crippen LogP contribution in [0.15, 0.2) is 0 Å². The quantitative estimate of drug-likeness (QED) is 0.787. The molecule has 0 aromatic heterocycles. The van der Waals surface area contributed by atoms with Crippen molar-refractivity contribution in [2.45, 2.75) is 47.0 Å². The lowest BCUT2D eigenvalue weighted by Crippen LogP contribution is -2.42. The summed E-state index contributed by atoms with van der Waals surface area (Å²) >= 11 is 0. The normalized spacial score (nSPS) is 13.8. The molecular weight excluding hydrogens is 240 g/mol. The van der Waals surface area contributed by atoms with Gasteiger partial charge >= 0.3 is 0 Å². The van der Waals surface area contributed by atoms with Gasteiger partial charge in [-0.2, -0.15) is 0 Å². The molecule has 0 radical (unpaired) electrons. The van der Waals surface area contributed by atoms with Crippen molar-refractivity contribution in [1.82, 2.24) is 9.80 Å². The summed E-state index contributed by atoms with van der Waals surface area (Å²) in [6.45, 7) is 10.2. The molecule has 1 saturated heterocycles. The van der Waals surface area contributed by atoms with E-state index in [4.69, 9.17) is 0 Å². The molecule has 0 aromatic rings. The van der Waals surface area contributed by atoms with Crippen LogP contribution in [0, 0.1) is 11.8 Å². The summed E-state index contributed by atoms with van der Waals surface area (Å²) in [4.78, 5) is 25.6. The van der Waals surface area contributed by atoms with Crippen molar-refractivity contribution in [3.63, 3.8) is 0 Å². The van der Waals surface area contributed by atoms with E-state index in [2.05, 4.69) is 13.8 Å². The topological polar surface area (TPSA) is 40.6 Å². The van der Waals surface area contributed by atoms with E-state index >= 15 is 0 Å². The zero-order chi connectivity index (χ0) is 15.0. The third-order valence-corrected chi connectivity index (χ3v) is 2.87. The van der Waals surface area contributed by atoms with E-state index in [0.717, 1.165) is 19.5 Å². The number of likely N-dealkylation sites (tertiary alicyclic amines) is 1. The predicted octanol–water partition coefficient (Wildman–Crippen LogP) is 2.39. The summed E-state index contributed by atoms with van der Waals surface area (Å²) in [5.41, 5.74) is 0.